The predicted molar refractivity (Wildman–Crippen MR) is 83.7 cm³/mol. The van der Waals surface area contributed by atoms with Gasteiger partial charge in [-0.2, -0.15) is 0 Å². The lowest BCUT2D eigenvalue weighted by molar-refractivity contribution is 0.0619. The Labute approximate surface area is 119 Å². The van der Waals surface area contributed by atoms with Gasteiger partial charge in [-0.15, -0.1) is 6.58 Å². The lowest BCUT2D eigenvalue weighted by Crippen LogP contribution is -2.45. The molecule has 1 aromatic carbocycles. The number of benzene rings is 1. The molecule has 2 aromatic rings. The third-order valence-electron chi connectivity index (χ3n) is 3.30. The third-order valence-corrected chi connectivity index (χ3v) is 3.30. The first-order chi connectivity index (χ1) is 9.34. The number of hydrogen-bond acceptors (Lipinski definition) is 2. The van der Waals surface area contributed by atoms with Gasteiger partial charge in [0.15, 0.2) is 0 Å². The molecule has 0 aliphatic carbocycles. The Balaban J connectivity index is 2.46. The number of nitrogens with zero attached hydrogens (tertiary/aromatic N) is 1. The number of rotatable bonds is 3. The molecule has 2 rings (SSSR count). The molecular formula is C16H21N3O. The number of carbonyl (C=O) groups excluding carboxylic acids is 1. The lowest BCUT2D eigenvalue weighted by atomic mass is 10.0. The van der Waals surface area contributed by atoms with Crippen molar-refractivity contribution in [2.24, 2.45) is 0 Å². The first-order valence-corrected chi connectivity index (χ1v) is 6.64. The van der Waals surface area contributed by atoms with Gasteiger partial charge in [0.25, 0.3) is 5.91 Å². The van der Waals surface area contributed by atoms with E-state index in [0.29, 0.717) is 17.8 Å². The molecule has 0 fully saturated rings. The second kappa shape index (κ2) is 5.04. The van der Waals surface area contributed by atoms with Crippen molar-refractivity contribution in [1.29, 1.82) is 0 Å². The maximum absolute atomic E-state index is 12.8. The molecule has 0 aliphatic heterocycles. The normalized spacial score (nSPS) is 11.6. The summed E-state index contributed by atoms with van der Waals surface area (Å²) in [7, 11) is 0. The van der Waals surface area contributed by atoms with Crippen molar-refractivity contribution in [3.63, 3.8) is 0 Å². The lowest BCUT2D eigenvalue weighted by Gasteiger charge is -2.34. The van der Waals surface area contributed by atoms with Crippen molar-refractivity contribution in [1.82, 2.24) is 9.88 Å². The highest BCUT2D eigenvalue weighted by Gasteiger charge is 2.27. The topological polar surface area (TPSA) is 62.1 Å². The van der Waals surface area contributed by atoms with Crippen molar-refractivity contribution >= 4 is 22.5 Å². The van der Waals surface area contributed by atoms with Gasteiger partial charge in [0.2, 0.25) is 0 Å². The minimum absolute atomic E-state index is 0.00609. The van der Waals surface area contributed by atoms with Crippen LogP contribution in [-0.2, 0) is 0 Å². The van der Waals surface area contributed by atoms with Crippen molar-refractivity contribution in [2.45, 2.75) is 26.3 Å². The van der Waals surface area contributed by atoms with E-state index in [1.54, 1.807) is 17.2 Å². The highest BCUT2D eigenvalue weighted by Crippen LogP contribution is 2.24. The van der Waals surface area contributed by atoms with Crippen LogP contribution in [0.5, 0.6) is 0 Å². The fourth-order valence-electron chi connectivity index (χ4n) is 2.26. The van der Waals surface area contributed by atoms with Crippen LogP contribution in [-0.4, -0.2) is 27.9 Å². The molecule has 0 aliphatic rings. The van der Waals surface area contributed by atoms with Crippen molar-refractivity contribution < 1.29 is 4.79 Å². The number of aromatic nitrogens is 1. The van der Waals surface area contributed by atoms with Crippen LogP contribution >= 0.6 is 0 Å². The molecular weight excluding hydrogens is 250 g/mol. The maximum Gasteiger partial charge on any atom is 0.256 e. The standard InChI is InChI=1S/C16H21N3O/c1-5-8-19(16(2,3)4)15(20)13-10-18-14-9-11(17)6-7-12(13)14/h5-7,9-10,18H,1,8,17H2,2-4H3. The Hall–Kier alpha value is -2.23. The van der Waals surface area contributed by atoms with E-state index in [1.165, 1.54) is 0 Å². The average Bonchev–Trinajstić information content (AvgIpc) is 2.76. The second-order valence-corrected chi connectivity index (χ2v) is 5.88. The van der Waals surface area contributed by atoms with Gasteiger partial charge in [0, 0.05) is 34.9 Å². The first-order valence-electron chi connectivity index (χ1n) is 6.64. The molecule has 0 saturated carbocycles. The number of nitrogen functional groups attached to an aromatic ring is 1. The van der Waals surface area contributed by atoms with E-state index in [2.05, 4.69) is 11.6 Å². The minimum atomic E-state index is -0.261. The van der Waals surface area contributed by atoms with Crippen LogP contribution in [0.3, 0.4) is 0 Å². The van der Waals surface area contributed by atoms with Crippen molar-refractivity contribution in [3.8, 4) is 0 Å². The maximum atomic E-state index is 12.8. The SMILES string of the molecule is C=CCN(C(=O)c1c[nH]c2cc(N)ccc12)C(C)(C)C. The fraction of sp³-hybridized carbons (Fsp3) is 0.312. The number of nitrogens with two attached hydrogens (primary N) is 1. The van der Waals surface area contributed by atoms with Crippen LogP contribution in [0.15, 0.2) is 37.1 Å². The van der Waals surface area contributed by atoms with Crippen molar-refractivity contribution in [3.05, 3.63) is 42.6 Å². The van der Waals surface area contributed by atoms with Gasteiger partial charge in [-0.25, -0.2) is 0 Å². The molecule has 0 saturated heterocycles. The van der Waals surface area contributed by atoms with E-state index in [0.717, 1.165) is 10.9 Å². The van der Waals surface area contributed by atoms with Gasteiger partial charge in [-0.1, -0.05) is 6.08 Å². The van der Waals surface area contributed by atoms with Crippen LogP contribution in [0, 0.1) is 0 Å². The summed E-state index contributed by atoms with van der Waals surface area (Å²) in [5.74, 6) is -0.00609. The molecule has 0 bridgehead atoms. The van der Waals surface area contributed by atoms with E-state index in [4.69, 9.17) is 5.73 Å². The molecule has 4 heteroatoms. The molecule has 1 heterocycles. The minimum Gasteiger partial charge on any atom is -0.399 e. The van der Waals surface area contributed by atoms with Gasteiger partial charge in [-0.05, 0) is 39.0 Å². The zero-order chi connectivity index (χ0) is 14.9. The Bertz CT molecular complexity index is 649. The van der Waals surface area contributed by atoms with E-state index in [-0.39, 0.29) is 11.4 Å². The van der Waals surface area contributed by atoms with Gasteiger partial charge in [0.05, 0.1) is 5.56 Å². The summed E-state index contributed by atoms with van der Waals surface area (Å²) in [6.45, 7) is 10.3. The molecule has 0 radical (unpaired) electrons. The molecule has 1 aromatic heterocycles. The molecule has 0 spiro atoms. The van der Waals surface area contributed by atoms with Gasteiger partial charge in [-0.3, -0.25) is 4.79 Å². The molecule has 1 amide bonds. The van der Waals surface area contributed by atoms with Crippen LogP contribution in [0.1, 0.15) is 31.1 Å². The summed E-state index contributed by atoms with van der Waals surface area (Å²) in [4.78, 5) is 17.7. The number of H-pyrrole nitrogens is 1. The Morgan fingerprint density at radius 2 is 2.15 bits per heavy atom. The Morgan fingerprint density at radius 3 is 2.75 bits per heavy atom. The zero-order valence-electron chi connectivity index (χ0n) is 12.2. The summed E-state index contributed by atoms with van der Waals surface area (Å²) in [5.41, 5.74) is 7.71. The summed E-state index contributed by atoms with van der Waals surface area (Å²) >= 11 is 0. The summed E-state index contributed by atoms with van der Waals surface area (Å²) in [6, 6.07) is 5.52. The first kappa shape index (κ1) is 14.2. The quantitative estimate of drug-likeness (QED) is 0.665. The number of anilines is 1. The number of carbonyl (C=O) groups is 1. The average molecular weight is 271 g/mol. The van der Waals surface area contributed by atoms with Gasteiger partial charge >= 0.3 is 0 Å². The number of nitrogens with one attached hydrogen (secondary N) is 1. The Morgan fingerprint density at radius 1 is 1.45 bits per heavy atom. The molecule has 4 nitrogen and oxygen atoms in total. The smallest absolute Gasteiger partial charge is 0.256 e. The summed E-state index contributed by atoms with van der Waals surface area (Å²) < 4.78 is 0. The molecule has 0 atom stereocenters. The van der Waals surface area contributed by atoms with E-state index in [9.17, 15) is 4.79 Å². The van der Waals surface area contributed by atoms with Crippen LogP contribution in [0.4, 0.5) is 5.69 Å². The highest BCUT2D eigenvalue weighted by molar-refractivity contribution is 6.07. The summed E-state index contributed by atoms with van der Waals surface area (Å²) in [6.07, 6.45) is 3.49. The molecule has 3 N–H and O–H groups in total. The molecule has 20 heavy (non-hydrogen) atoms. The largest absolute Gasteiger partial charge is 0.399 e. The van der Waals surface area contributed by atoms with E-state index < -0.39 is 0 Å². The highest BCUT2D eigenvalue weighted by atomic mass is 16.2. The predicted octanol–water partition coefficient (Wildman–Crippen LogP) is 3.18. The Kier molecular flexibility index (Phi) is 3.57. The van der Waals surface area contributed by atoms with Crippen molar-refractivity contribution in [2.75, 3.05) is 12.3 Å². The monoisotopic (exact) mass is 271 g/mol. The number of aromatic amines is 1. The number of amides is 1. The number of fused-ring (bicyclic) bond motifs is 1. The van der Waals surface area contributed by atoms with Crippen LogP contribution in [0.2, 0.25) is 0 Å². The second-order valence-electron chi connectivity index (χ2n) is 5.88. The summed E-state index contributed by atoms with van der Waals surface area (Å²) in [5, 5.41) is 0.891. The van der Waals surface area contributed by atoms with Gasteiger partial charge < -0.3 is 15.6 Å². The molecule has 0 unspecified atom stereocenters. The van der Waals surface area contributed by atoms with Gasteiger partial charge in [0.1, 0.15) is 0 Å². The van der Waals surface area contributed by atoms with E-state index >= 15 is 0 Å². The third kappa shape index (κ3) is 2.54. The number of hydrogen-bond donors (Lipinski definition) is 2. The zero-order valence-corrected chi connectivity index (χ0v) is 12.2. The fourth-order valence-corrected chi connectivity index (χ4v) is 2.26. The van der Waals surface area contributed by atoms with Crippen LogP contribution < -0.4 is 5.73 Å². The van der Waals surface area contributed by atoms with E-state index in [1.807, 2.05) is 39.0 Å². The molecule has 106 valence electrons. The van der Waals surface area contributed by atoms with Crippen LogP contribution in [0.25, 0.3) is 10.9 Å².